The number of thioether (sulfide) groups is 1. The minimum atomic E-state index is -0.120. The Kier molecular flexibility index (Phi) is 6.99. The van der Waals surface area contributed by atoms with Crippen molar-refractivity contribution >= 4 is 35.3 Å². The zero-order valence-electron chi connectivity index (χ0n) is 19.2. The van der Waals surface area contributed by atoms with Crippen molar-refractivity contribution in [3.8, 4) is 0 Å². The van der Waals surface area contributed by atoms with Crippen molar-refractivity contribution in [1.29, 1.82) is 0 Å². The van der Waals surface area contributed by atoms with Crippen molar-refractivity contribution in [1.82, 2.24) is 5.32 Å². The molecule has 33 heavy (non-hydrogen) atoms. The Hall–Kier alpha value is -3.31. The second-order valence-corrected chi connectivity index (χ2v) is 9.50. The van der Waals surface area contributed by atoms with Gasteiger partial charge in [0.15, 0.2) is 0 Å². The molecular weight excluding hydrogens is 428 g/mol. The Labute approximate surface area is 199 Å². The van der Waals surface area contributed by atoms with Gasteiger partial charge in [-0.3, -0.25) is 9.59 Å². The molecule has 0 saturated heterocycles. The molecule has 0 spiro atoms. The molecule has 0 fully saturated rings. The van der Waals surface area contributed by atoms with E-state index < -0.39 is 0 Å². The van der Waals surface area contributed by atoms with E-state index in [1.165, 1.54) is 17.3 Å². The van der Waals surface area contributed by atoms with Gasteiger partial charge in [0.2, 0.25) is 0 Å². The van der Waals surface area contributed by atoms with Crippen LogP contribution in [-0.4, -0.2) is 24.9 Å². The maximum Gasteiger partial charge on any atom is 0.264 e. The highest BCUT2D eigenvalue weighted by Crippen LogP contribution is 2.42. The van der Waals surface area contributed by atoms with Crippen LogP contribution in [0.2, 0.25) is 0 Å². The van der Waals surface area contributed by atoms with Gasteiger partial charge in [0.05, 0.1) is 10.6 Å². The van der Waals surface area contributed by atoms with Gasteiger partial charge >= 0.3 is 0 Å². The molecule has 0 unspecified atom stereocenters. The van der Waals surface area contributed by atoms with Gasteiger partial charge in [0.25, 0.3) is 11.8 Å². The third-order valence-electron chi connectivity index (χ3n) is 5.88. The molecule has 5 heteroatoms. The monoisotopic (exact) mass is 456 g/mol. The summed E-state index contributed by atoms with van der Waals surface area (Å²) in [6.07, 6.45) is 3.72. The second-order valence-electron chi connectivity index (χ2n) is 8.41. The molecule has 1 N–H and O–H groups in total. The maximum atomic E-state index is 13.0. The third-order valence-corrected chi connectivity index (χ3v) is 6.96. The fraction of sp³-hybridized carbons (Fsp3) is 0.214. The van der Waals surface area contributed by atoms with Crippen LogP contribution in [0.25, 0.3) is 6.08 Å². The van der Waals surface area contributed by atoms with Gasteiger partial charge in [0, 0.05) is 23.5 Å². The lowest BCUT2D eigenvalue weighted by Gasteiger charge is -2.27. The molecule has 1 atom stereocenters. The van der Waals surface area contributed by atoms with Gasteiger partial charge in [-0.2, -0.15) is 0 Å². The van der Waals surface area contributed by atoms with Crippen LogP contribution in [0.15, 0.2) is 82.6 Å². The molecule has 4 rings (SSSR count). The molecule has 4 nitrogen and oxygen atoms in total. The first-order chi connectivity index (χ1) is 15.9. The Morgan fingerprint density at radius 3 is 2.55 bits per heavy atom. The molecule has 1 aliphatic heterocycles. The van der Waals surface area contributed by atoms with Crippen molar-refractivity contribution in [2.45, 2.75) is 37.6 Å². The molecule has 0 saturated carbocycles. The number of nitrogens with zero attached hydrogens (tertiary/aromatic N) is 1. The maximum absolute atomic E-state index is 13.0. The molecule has 3 aromatic carbocycles. The highest BCUT2D eigenvalue weighted by molar-refractivity contribution is 8.04. The summed E-state index contributed by atoms with van der Waals surface area (Å²) in [5.41, 5.74) is 4.74. The summed E-state index contributed by atoms with van der Waals surface area (Å²) in [5.74, 6) is -0.185. The van der Waals surface area contributed by atoms with Gasteiger partial charge in [-0.25, -0.2) is 0 Å². The van der Waals surface area contributed by atoms with Crippen LogP contribution in [0.3, 0.4) is 0 Å². The number of nitrogens with one attached hydrogen (secondary N) is 1. The quantitative estimate of drug-likeness (QED) is 0.473. The van der Waals surface area contributed by atoms with Crippen molar-refractivity contribution in [2.24, 2.45) is 0 Å². The Morgan fingerprint density at radius 1 is 1.06 bits per heavy atom. The smallest absolute Gasteiger partial charge is 0.264 e. The number of benzene rings is 3. The molecule has 3 aromatic rings. The number of carbonyl (C=O) groups is 2. The summed E-state index contributed by atoms with van der Waals surface area (Å²) in [4.78, 5) is 29.1. The second kappa shape index (κ2) is 10.1. The van der Waals surface area contributed by atoms with E-state index in [4.69, 9.17) is 0 Å². The largest absolute Gasteiger partial charge is 0.350 e. The Bertz CT molecular complexity index is 1200. The zero-order chi connectivity index (χ0) is 23.4. The minimum Gasteiger partial charge on any atom is -0.350 e. The SMILES string of the molecule is Cc1ccccc1/C=C1\Sc2ccc(C(=O)N[C@H](C)CCc3ccccc3)cc2N(C)C1=O. The number of hydrogen-bond acceptors (Lipinski definition) is 3. The summed E-state index contributed by atoms with van der Waals surface area (Å²) in [7, 11) is 1.76. The topological polar surface area (TPSA) is 49.4 Å². The van der Waals surface area contributed by atoms with Gasteiger partial charge in [-0.05, 0) is 67.7 Å². The number of carbonyl (C=O) groups excluding carboxylic acids is 2. The molecule has 0 bridgehead atoms. The molecule has 1 aliphatic rings. The predicted molar refractivity (Wildman–Crippen MR) is 137 cm³/mol. The van der Waals surface area contributed by atoms with E-state index >= 15 is 0 Å². The van der Waals surface area contributed by atoms with E-state index in [0.29, 0.717) is 10.5 Å². The number of hydrogen-bond donors (Lipinski definition) is 1. The molecule has 0 aliphatic carbocycles. The fourth-order valence-electron chi connectivity index (χ4n) is 3.83. The van der Waals surface area contributed by atoms with Crippen LogP contribution in [-0.2, 0) is 11.2 Å². The average molecular weight is 457 g/mol. The standard InChI is InChI=1S/C28H28N2O2S/c1-19-9-7-8-12-22(19)18-26-28(32)30(3)24-17-23(15-16-25(24)33-26)27(31)29-20(2)13-14-21-10-5-4-6-11-21/h4-12,15-18,20H,13-14H2,1-3H3,(H,29,31)/b26-18-/t20-/m1/s1. The van der Waals surface area contributed by atoms with Crippen LogP contribution in [0.1, 0.15) is 40.4 Å². The first kappa shape index (κ1) is 22.9. The van der Waals surface area contributed by atoms with Gasteiger partial charge in [-0.15, -0.1) is 0 Å². The molecule has 1 heterocycles. The van der Waals surface area contributed by atoms with E-state index in [-0.39, 0.29) is 17.9 Å². The van der Waals surface area contributed by atoms with Crippen LogP contribution < -0.4 is 10.2 Å². The molecule has 0 aromatic heterocycles. The third kappa shape index (κ3) is 5.37. The van der Waals surface area contributed by atoms with E-state index in [1.54, 1.807) is 11.9 Å². The summed E-state index contributed by atoms with van der Waals surface area (Å²) in [5, 5.41) is 3.09. The fourth-order valence-corrected chi connectivity index (χ4v) is 4.92. The van der Waals surface area contributed by atoms with Crippen molar-refractivity contribution in [3.63, 3.8) is 0 Å². The average Bonchev–Trinajstić information content (AvgIpc) is 2.83. The van der Waals surface area contributed by atoms with Crippen molar-refractivity contribution < 1.29 is 9.59 Å². The number of fused-ring (bicyclic) bond motifs is 1. The van der Waals surface area contributed by atoms with Crippen LogP contribution in [0.5, 0.6) is 0 Å². The lowest BCUT2D eigenvalue weighted by Crippen LogP contribution is -2.34. The highest BCUT2D eigenvalue weighted by atomic mass is 32.2. The zero-order valence-corrected chi connectivity index (χ0v) is 20.0. The molecule has 0 radical (unpaired) electrons. The van der Waals surface area contributed by atoms with E-state index in [0.717, 1.165) is 34.6 Å². The van der Waals surface area contributed by atoms with E-state index in [1.807, 2.05) is 80.6 Å². The van der Waals surface area contributed by atoms with Crippen LogP contribution in [0, 0.1) is 6.92 Å². The number of anilines is 1. The van der Waals surface area contributed by atoms with Crippen LogP contribution in [0.4, 0.5) is 5.69 Å². The molecule has 2 amide bonds. The van der Waals surface area contributed by atoms with Crippen molar-refractivity contribution in [3.05, 3.63) is 100.0 Å². The van der Waals surface area contributed by atoms with Crippen LogP contribution >= 0.6 is 11.8 Å². The van der Waals surface area contributed by atoms with E-state index in [2.05, 4.69) is 17.4 Å². The lowest BCUT2D eigenvalue weighted by molar-refractivity contribution is -0.114. The first-order valence-electron chi connectivity index (χ1n) is 11.1. The van der Waals surface area contributed by atoms with Gasteiger partial charge < -0.3 is 10.2 Å². The Balaban J connectivity index is 1.46. The van der Waals surface area contributed by atoms with E-state index in [9.17, 15) is 9.59 Å². The van der Waals surface area contributed by atoms with Gasteiger partial charge in [-0.1, -0.05) is 66.4 Å². The summed E-state index contributed by atoms with van der Waals surface area (Å²) < 4.78 is 0. The number of likely N-dealkylation sites (N-methyl/N-ethyl adjacent to an activating group) is 1. The number of aryl methyl sites for hydroxylation is 2. The van der Waals surface area contributed by atoms with Crippen molar-refractivity contribution in [2.75, 3.05) is 11.9 Å². The first-order valence-corrected chi connectivity index (χ1v) is 12.0. The lowest BCUT2D eigenvalue weighted by atomic mass is 10.1. The summed E-state index contributed by atoms with van der Waals surface area (Å²) >= 11 is 1.45. The van der Waals surface area contributed by atoms with Gasteiger partial charge in [0.1, 0.15) is 0 Å². The summed E-state index contributed by atoms with van der Waals surface area (Å²) in [6.45, 7) is 4.06. The minimum absolute atomic E-state index is 0.0473. The number of rotatable bonds is 6. The normalized spacial score (nSPS) is 15.3. The molecule has 168 valence electrons. The number of amides is 2. The predicted octanol–water partition coefficient (Wildman–Crippen LogP) is 5.86. The molecular formula is C28H28N2O2S. The Morgan fingerprint density at radius 2 is 1.79 bits per heavy atom. The highest BCUT2D eigenvalue weighted by Gasteiger charge is 2.27. The summed E-state index contributed by atoms with van der Waals surface area (Å²) in [6, 6.07) is 23.9.